The van der Waals surface area contributed by atoms with E-state index in [2.05, 4.69) is 97.8 Å². The average Bonchev–Trinajstić information content (AvgIpc) is 0.735. The summed E-state index contributed by atoms with van der Waals surface area (Å²) in [4.78, 5) is 21.4. The number of aliphatic hydroxyl groups excluding tert-OH is 4. The summed E-state index contributed by atoms with van der Waals surface area (Å²) in [6, 6.07) is 35.1. The second-order valence-electron chi connectivity index (χ2n) is 28.6. The molecular formula is C80H96N2O10S4. The van der Waals surface area contributed by atoms with Crippen LogP contribution in [-0.2, 0) is 54.3 Å². The smallest absolute Gasteiger partial charge is 0.186 e. The SMILES string of the molecule is CCc1ccc2cccc3c2c1Cc1c(ccc(O)c1OC)CC(Cc1cc[nH]c1)C(O)C1C(=O)C(c2cc(O)c4c(c2)C2(NC)CCCC(Cc5cccc(CCC(C)C)c5)C2C=C4)(C2CSSCC4CCCCC4Oc4cc2ccc4OCO)C(O)CC1CSSC3CO. The van der Waals surface area contributed by atoms with Gasteiger partial charge in [-0.3, -0.25) is 4.79 Å². The van der Waals surface area contributed by atoms with E-state index in [1.54, 1.807) is 62.4 Å². The number of ketones is 1. The molecule has 510 valence electrons. The summed E-state index contributed by atoms with van der Waals surface area (Å²) in [6.45, 7) is 5.97. The van der Waals surface area contributed by atoms with Crippen molar-refractivity contribution in [3.8, 4) is 28.7 Å². The zero-order valence-electron chi connectivity index (χ0n) is 56.1. The molecule has 2 bridgehead atoms. The fourth-order valence-electron chi connectivity index (χ4n) is 18.1. The number of aliphatic hydroxyl groups is 4. The summed E-state index contributed by atoms with van der Waals surface area (Å²) in [5.74, 6) is 0.582. The van der Waals surface area contributed by atoms with Gasteiger partial charge < -0.3 is 55.2 Å². The van der Waals surface area contributed by atoms with Gasteiger partial charge in [0.1, 0.15) is 11.9 Å². The molecule has 7 aromatic rings. The monoisotopic (exact) mass is 1370 g/mol. The second-order valence-corrected chi connectivity index (χ2v) is 33.8. The van der Waals surface area contributed by atoms with Crippen molar-refractivity contribution in [3.63, 3.8) is 0 Å². The molecule has 16 heteroatoms. The number of H-pyrrole nitrogens is 1. The molecule has 96 heavy (non-hydrogen) atoms. The van der Waals surface area contributed by atoms with Crippen LogP contribution >= 0.6 is 43.2 Å². The second kappa shape index (κ2) is 30.1. The number of phenols is 2. The molecule has 6 aliphatic rings. The first kappa shape index (κ1) is 69.0. The molecule has 3 fully saturated rings. The summed E-state index contributed by atoms with van der Waals surface area (Å²) in [5, 5.41) is 81.1. The number of hydrogen-bond donors (Lipinski definition) is 8. The molecule has 3 heterocycles. The van der Waals surface area contributed by atoms with Gasteiger partial charge in [0.2, 0.25) is 0 Å². The van der Waals surface area contributed by atoms with E-state index in [0.29, 0.717) is 65.1 Å². The number of ether oxygens (including phenoxy) is 3. The van der Waals surface area contributed by atoms with Gasteiger partial charge in [0.05, 0.1) is 42.1 Å². The minimum Gasteiger partial charge on any atom is -0.507 e. The maximum atomic E-state index is 18.1. The van der Waals surface area contributed by atoms with Gasteiger partial charge in [-0.15, -0.1) is 0 Å². The number of phenolic OH excluding ortho intramolecular Hbond substituents is 2. The number of aryl methyl sites for hydroxylation is 2. The Balaban J connectivity index is 1.01. The molecule has 13 atom stereocenters. The number of aromatic nitrogens is 1. The van der Waals surface area contributed by atoms with Crippen LogP contribution in [0.15, 0.2) is 122 Å². The van der Waals surface area contributed by atoms with E-state index >= 15 is 4.79 Å². The number of carbonyl (C=O) groups excluding carboxylic acids is 1. The van der Waals surface area contributed by atoms with Crippen molar-refractivity contribution < 1.29 is 49.6 Å². The Kier molecular flexibility index (Phi) is 21.6. The molecule has 13 unspecified atom stereocenters. The van der Waals surface area contributed by atoms with Gasteiger partial charge >= 0.3 is 0 Å². The third kappa shape index (κ3) is 13.3. The van der Waals surface area contributed by atoms with Crippen LogP contribution in [0.25, 0.3) is 16.8 Å². The highest BCUT2D eigenvalue weighted by molar-refractivity contribution is 8.77. The van der Waals surface area contributed by atoms with Crippen molar-refractivity contribution in [3.05, 3.63) is 188 Å². The van der Waals surface area contributed by atoms with Gasteiger partial charge in [-0.1, -0.05) is 162 Å². The van der Waals surface area contributed by atoms with Crippen molar-refractivity contribution in [2.24, 2.45) is 41.4 Å². The van der Waals surface area contributed by atoms with Crippen molar-refractivity contribution in [1.82, 2.24) is 10.3 Å². The Morgan fingerprint density at radius 3 is 2.42 bits per heavy atom. The third-order valence-electron chi connectivity index (χ3n) is 22.9. The maximum absolute atomic E-state index is 18.1. The summed E-state index contributed by atoms with van der Waals surface area (Å²) in [7, 11) is 10.2. The number of fused-ring (bicyclic) bond motifs is 8. The van der Waals surface area contributed by atoms with E-state index in [0.717, 1.165) is 132 Å². The number of carbonyl (C=O) groups is 1. The number of aromatic amines is 1. The van der Waals surface area contributed by atoms with E-state index < -0.39 is 58.9 Å². The fourth-order valence-corrected chi connectivity index (χ4v) is 23.8. The molecule has 8 N–H and O–H groups in total. The highest BCUT2D eigenvalue weighted by Gasteiger charge is 2.62. The van der Waals surface area contributed by atoms with Crippen LogP contribution in [0.1, 0.15) is 156 Å². The lowest BCUT2D eigenvalue weighted by Gasteiger charge is -2.54. The highest BCUT2D eigenvalue weighted by atomic mass is 33.1. The van der Waals surface area contributed by atoms with Crippen LogP contribution in [0.3, 0.4) is 0 Å². The first-order valence-electron chi connectivity index (χ1n) is 35.1. The number of methoxy groups -OCH3 is 1. The Hall–Kier alpha value is -5.53. The normalized spacial score (nSPS) is 28.5. The Morgan fingerprint density at radius 2 is 1.62 bits per heavy atom. The fraction of sp³-hybridized carbons (Fsp3) is 0.487. The maximum Gasteiger partial charge on any atom is 0.186 e. The number of benzene rings is 6. The van der Waals surface area contributed by atoms with Gasteiger partial charge in [0.15, 0.2) is 35.6 Å². The number of hydrogen-bond acceptors (Lipinski definition) is 15. The lowest BCUT2D eigenvalue weighted by molar-refractivity contribution is -0.150. The molecule has 13 rings (SSSR count). The van der Waals surface area contributed by atoms with Gasteiger partial charge in [-0.05, 0) is 205 Å². The molecular weight excluding hydrogens is 1280 g/mol. The molecule has 1 aromatic heterocycles. The van der Waals surface area contributed by atoms with Crippen molar-refractivity contribution in [2.45, 2.75) is 158 Å². The summed E-state index contributed by atoms with van der Waals surface area (Å²) in [6.07, 6.45) is 17.2. The lowest BCUT2D eigenvalue weighted by atomic mass is 9.51. The van der Waals surface area contributed by atoms with E-state index in [1.807, 2.05) is 55.8 Å². The minimum atomic E-state index is -1.80. The van der Waals surface area contributed by atoms with Crippen LogP contribution in [0.2, 0.25) is 0 Å². The Morgan fingerprint density at radius 1 is 0.812 bits per heavy atom. The molecule has 0 amide bonds. The molecule has 12 nitrogen and oxygen atoms in total. The predicted molar refractivity (Wildman–Crippen MR) is 393 cm³/mol. The minimum absolute atomic E-state index is 0.00109. The summed E-state index contributed by atoms with van der Waals surface area (Å²) >= 11 is 0. The van der Waals surface area contributed by atoms with E-state index in [4.69, 9.17) is 14.2 Å². The van der Waals surface area contributed by atoms with Crippen LogP contribution < -0.4 is 19.5 Å². The van der Waals surface area contributed by atoms with Crippen molar-refractivity contribution >= 4 is 65.8 Å². The average molecular weight is 1370 g/mol. The molecule has 3 saturated carbocycles. The molecule has 0 radical (unpaired) electrons. The Labute approximate surface area is 582 Å². The van der Waals surface area contributed by atoms with Crippen molar-refractivity contribution in [2.75, 3.05) is 44.8 Å². The number of rotatable bonds is 15. The van der Waals surface area contributed by atoms with Crippen LogP contribution in [-0.4, -0.2) is 105 Å². The quantitative estimate of drug-likeness (QED) is 0.0357. The topological polar surface area (TPSA) is 194 Å². The van der Waals surface area contributed by atoms with Gasteiger partial charge in [-0.25, -0.2) is 0 Å². The molecule has 6 aromatic carbocycles. The van der Waals surface area contributed by atoms with Gasteiger partial charge in [0, 0.05) is 70.9 Å². The molecule has 2 aliphatic heterocycles. The summed E-state index contributed by atoms with van der Waals surface area (Å²) in [5.41, 5.74) is 8.85. The van der Waals surface area contributed by atoms with Gasteiger partial charge in [-0.2, -0.15) is 0 Å². The zero-order valence-corrected chi connectivity index (χ0v) is 59.4. The standard InChI is InChI=1S/C80H96N2O10S4/c1-6-51-21-22-52-15-10-17-61-72(42-83)96-95-44-58-37-73(87)80(66-45-94-93-43-56-14-7-8-18-69(56)92-71-36-55(66)24-28-70(71)91-46-84,78(89)75(58)76(88)57(34-50-29-31-82-41-50)35-53-23-27-67(85)77(90-5)63(53)40-62(51)74(52)61)59-38-65-60(68(86)39-59)25-26-64-54(16-11-30-79(64,65)81-4)33-49-13-9-12-48(32-49)20-19-47(2)3/h9-10,12-13,15,17,21-29,31-32,36,38-39,41,47,54,56-58,64,66,69,72-73,75-76,81-88H,6-8,11,14,16,18-20,30,33-35,37,40,42-46H2,1-5H3. The highest BCUT2D eigenvalue weighted by Crippen LogP contribution is 2.60. The number of Topliss-reactive ketones (excluding diaryl/α,β-unsaturated/α-hetero) is 1. The van der Waals surface area contributed by atoms with Gasteiger partial charge in [0.25, 0.3) is 0 Å². The molecule has 4 aliphatic carbocycles. The largest absolute Gasteiger partial charge is 0.507 e. The number of nitrogens with one attached hydrogen (secondary N) is 2. The number of aromatic hydroxyl groups is 2. The van der Waals surface area contributed by atoms with E-state index in [9.17, 15) is 30.6 Å². The van der Waals surface area contributed by atoms with E-state index in [1.165, 1.54) is 11.1 Å². The van der Waals surface area contributed by atoms with Crippen LogP contribution in [0.4, 0.5) is 0 Å². The summed E-state index contributed by atoms with van der Waals surface area (Å²) < 4.78 is 19.3. The Bertz CT molecular complexity index is 3920. The molecule has 0 spiro atoms. The van der Waals surface area contributed by atoms with Crippen LogP contribution in [0.5, 0.6) is 28.7 Å². The predicted octanol–water partition coefficient (Wildman–Crippen LogP) is 15.6. The third-order valence-corrected chi connectivity index (χ3v) is 28.3. The molecule has 0 saturated heterocycles. The zero-order chi connectivity index (χ0) is 66.8. The lowest BCUT2D eigenvalue weighted by Crippen LogP contribution is -2.63. The first-order valence-corrected chi connectivity index (χ1v) is 40.0. The van der Waals surface area contributed by atoms with E-state index in [-0.39, 0.29) is 54.2 Å². The first-order chi connectivity index (χ1) is 46.7. The van der Waals surface area contributed by atoms with Crippen LogP contribution in [0, 0.1) is 41.4 Å². The van der Waals surface area contributed by atoms with Crippen molar-refractivity contribution in [1.29, 1.82) is 0 Å².